The van der Waals surface area contributed by atoms with Gasteiger partial charge in [-0.3, -0.25) is 0 Å². The fourth-order valence-corrected chi connectivity index (χ4v) is 7.20. The summed E-state index contributed by atoms with van der Waals surface area (Å²) in [5.41, 5.74) is 9.04. The van der Waals surface area contributed by atoms with Crippen LogP contribution in [0.5, 0.6) is 0 Å². The molecule has 0 fully saturated rings. The summed E-state index contributed by atoms with van der Waals surface area (Å²) < 4.78 is 6.31. The number of aromatic nitrogens is 3. The fourth-order valence-electron chi connectivity index (χ4n) is 7.20. The van der Waals surface area contributed by atoms with Crippen molar-refractivity contribution >= 4 is 43.5 Å². The van der Waals surface area contributed by atoms with Crippen LogP contribution in [0, 0.1) is 0 Å². The third kappa shape index (κ3) is 5.13. The lowest BCUT2D eigenvalue weighted by Crippen LogP contribution is -2.00. The Labute approximate surface area is 294 Å². The van der Waals surface area contributed by atoms with Gasteiger partial charge in [0.2, 0.25) is 0 Å². The Kier molecular flexibility index (Phi) is 6.78. The second-order valence-corrected chi connectivity index (χ2v) is 12.8. The van der Waals surface area contributed by atoms with Crippen LogP contribution in [0.15, 0.2) is 180 Å². The van der Waals surface area contributed by atoms with Gasteiger partial charge in [-0.2, -0.15) is 0 Å². The Hall–Kier alpha value is -6.91. The average Bonchev–Trinajstić information content (AvgIpc) is 3.60. The Bertz CT molecular complexity index is 2910. The number of hydrogen-bond acceptors (Lipinski definition) is 4. The molecule has 0 aliphatic heterocycles. The van der Waals surface area contributed by atoms with Gasteiger partial charge >= 0.3 is 0 Å². The van der Waals surface area contributed by atoms with Crippen LogP contribution in [0.25, 0.3) is 99.9 Å². The van der Waals surface area contributed by atoms with E-state index in [0.717, 1.165) is 71.5 Å². The molecule has 10 rings (SSSR count). The molecule has 238 valence electrons. The van der Waals surface area contributed by atoms with E-state index in [1.165, 1.54) is 10.9 Å². The third-order valence-electron chi connectivity index (χ3n) is 9.71. The van der Waals surface area contributed by atoms with Gasteiger partial charge in [-0.25, -0.2) is 15.0 Å². The maximum absolute atomic E-state index is 6.31. The van der Waals surface area contributed by atoms with Crippen molar-refractivity contribution in [2.24, 2.45) is 0 Å². The zero-order valence-electron chi connectivity index (χ0n) is 27.5. The first kappa shape index (κ1) is 29.0. The van der Waals surface area contributed by atoms with Gasteiger partial charge in [0, 0.05) is 27.5 Å². The van der Waals surface area contributed by atoms with Gasteiger partial charge in [0.25, 0.3) is 0 Å². The first-order valence-electron chi connectivity index (χ1n) is 17.1. The van der Waals surface area contributed by atoms with Gasteiger partial charge in [-0.1, -0.05) is 146 Å². The fraction of sp³-hybridized carbons (Fsp3) is 0. The highest BCUT2D eigenvalue weighted by Gasteiger charge is 2.18. The monoisotopic (exact) mass is 651 g/mol. The third-order valence-corrected chi connectivity index (χ3v) is 9.71. The SMILES string of the molecule is c1ccc(-c2ccc(-c3nc(-c4ccc5ccccc5c4)nc(-c4cc(-c5cccc6oc7ccccc7c56)c5ccccc5c4)n3)cc2)cc1. The molecule has 4 nitrogen and oxygen atoms in total. The first-order valence-corrected chi connectivity index (χ1v) is 17.1. The molecule has 4 heteroatoms. The van der Waals surface area contributed by atoms with E-state index in [2.05, 4.69) is 152 Å². The molecule has 0 radical (unpaired) electrons. The molecule has 0 atom stereocenters. The molecule has 0 saturated heterocycles. The highest BCUT2D eigenvalue weighted by Crippen LogP contribution is 2.41. The summed E-state index contributed by atoms with van der Waals surface area (Å²) in [5.74, 6) is 1.87. The zero-order chi connectivity index (χ0) is 33.7. The molecule has 0 bridgehead atoms. The molecule has 8 aromatic carbocycles. The molecule has 2 aromatic heterocycles. The van der Waals surface area contributed by atoms with Crippen molar-refractivity contribution in [3.63, 3.8) is 0 Å². The summed E-state index contributed by atoms with van der Waals surface area (Å²) in [7, 11) is 0. The van der Waals surface area contributed by atoms with E-state index < -0.39 is 0 Å². The number of fused-ring (bicyclic) bond motifs is 5. The second kappa shape index (κ2) is 11.9. The topological polar surface area (TPSA) is 51.8 Å². The number of furan rings is 1. The summed E-state index contributed by atoms with van der Waals surface area (Å²) in [4.78, 5) is 15.4. The predicted molar refractivity (Wildman–Crippen MR) is 209 cm³/mol. The quantitative estimate of drug-likeness (QED) is 0.186. The van der Waals surface area contributed by atoms with Crippen molar-refractivity contribution in [1.82, 2.24) is 15.0 Å². The number of nitrogens with zero attached hydrogens (tertiary/aromatic N) is 3. The molecule has 0 aliphatic carbocycles. The molecule has 0 amide bonds. The van der Waals surface area contributed by atoms with Gasteiger partial charge in [-0.15, -0.1) is 0 Å². The minimum Gasteiger partial charge on any atom is -0.456 e. The van der Waals surface area contributed by atoms with Gasteiger partial charge < -0.3 is 4.42 Å². The number of benzene rings is 8. The maximum Gasteiger partial charge on any atom is 0.164 e. The average molecular weight is 652 g/mol. The van der Waals surface area contributed by atoms with Crippen molar-refractivity contribution in [3.8, 4) is 56.4 Å². The smallest absolute Gasteiger partial charge is 0.164 e. The molecular weight excluding hydrogens is 623 g/mol. The highest BCUT2D eigenvalue weighted by molar-refractivity contribution is 6.15. The van der Waals surface area contributed by atoms with E-state index >= 15 is 0 Å². The molecule has 51 heavy (non-hydrogen) atoms. The summed E-state index contributed by atoms with van der Waals surface area (Å²) in [6.07, 6.45) is 0. The standard InChI is InChI=1S/C47H29N3O/c1-2-11-30(12-3-1)32-21-24-33(25-22-32)45-48-46(36-26-23-31-13-4-5-14-34(31)27-36)50-47(49-45)37-28-35-15-6-7-16-38(35)41(29-37)39-18-10-20-43-44(39)40-17-8-9-19-42(40)51-43/h1-29H. The van der Waals surface area contributed by atoms with Gasteiger partial charge in [0.1, 0.15) is 11.2 Å². The molecule has 0 spiro atoms. The van der Waals surface area contributed by atoms with Crippen LogP contribution >= 0.6 is 0 Å². The van der Waals surface area contributed by atoms with Crippen LogP contribution in [0.1, 0.15) is 0 Å². The number of para-hydroxylation sites is 1. The molecule has 10 aromatic rings. The summed E-state index contributed by atoms with van der Waals surface area (Å²) in [6.45, 7) is 0. The Balaban J connectivity index is 1.19. The normalized spacial score (nSPS) is 11.5. The molecule has 0 saturated carbocycles. The summed E-state index contributed by atoms with van der Waals surface area (Å²) >= 11 is 0. The van der Waals surface area contributed by atoms with Crippen LogP contribution < -0.4 is 0 Å². The van der Waals surface area contributed by atoms with Crippen molar-refractivity contribution in [2.45, 2.75) is 0 Å². The van der Waals surface area contributed by atoms with E-state index in [1.807, 2.05) is 24.3 Å². The van der Waals surface area contributed by atoms with Crippen LogP contribution in [0.2, 0.25) is 0 Å². The van der Waals surface area contributed by atoms with Gasteiger partial charge in [0.15, 0.2) is 17.5 Å². The minimum atomic E-state index is 0.617. The van der Waals surface area contributed by atoms with Crippen molar-refractivity contribution in [2.75, 3.05) is 0 Å². The number of hydrogen-bond donors (Lipinski definition) is 0. The zero-order valence-corrected chi connectivity index (χ0v) is 27.5. The lowest BCUT2D eigenvalue weighted by molar-refractivity contribution is 0.669. The van der Waals surface area contributed by atoms with E-state index in [4.69, 9.17) is 19.4 Å². The lowest BCUT2D eigenvalue weighted by Gasteiger charge is -2.13. The van der Waals surface area contributed by atoms with E-state index in [9.17, 15) is 0 Å². The lowest BCUT2D eigenvalue weighted by atomic mass is 9.92. The minimum absolute atomic E-state index is 0.617. The molecule has 0 N–H and O–H groups in total. The summed E-state index contributed by atoms with van der Waals surface area (Å²) in [6, 6.07) is 61.1. The maximum atomic E-state index is 6.31. The van der Waals surface area contributed by atoms with Crippen molar-refractivity contribution in [1.29, 1.82) is 0 Å². The molecule has 2 heterocycles. The molecule has 0 aliphatic rings. The number of rotatable bonds is 5. The van der Waals surface area contributed by atoms with Crippen LogP contribution in [0.4, 0.5) is 0 Å². The molecule has 0 unspecified atom stereocenters. The first-order chi connectivity index (χ1) is 25.2. The largest absolute Gasteiger partial charge is 0.456 e. The van der Waals surface area contributed by atoms with Crippen molar-refractivity contribution < 1.29 is 4.42 Å². The summed E-state index contributed by atoms with van der Waals surface area (Å²) in [5, 5.41) is 6.77. The van der Waals surface area contributed by atoms with Crippen LogP contribution in [-0.2, 0) is 0 Å². The van der Waals surface area contributed by atoms with Gasteiger partial charge in [0.05, 0.1) is 0 Å². The Morgan fingerprint density at radius 2 is 0.882 bits per heavy atom. The highest BCUT2D eigenvalue weighted by atomic mass is 16.3. The second-order valence-electron chi connectivity index (χ2n) is 12.8. The molecular formula is C47H29N3O. The van der Waals surface area contributed by atoms with E-state index in [-0.39, 0.29) is 0 Å². The van der Waals surface area contributed by atoms with E-state index in [1.54, 1.807) is 0 Å². The van der Waals surface area contributed by atoms with Crippen molar-refractivity contribution in [3.05, 3.63) is 176 Å². The van der Waals surface area contributed by atoms with Crippen LogP contribution in [0.3, 0.4) is 0 Å². The van der Waals surface area contributed by atoms with Gasteiger partial charge in [-0.05, 0) is 74.1 Å². The Morgan fingerprint density at radius 1 is 0.314 bits per heavy atom. The van der Waals surface area contributed by atoms with Crippen LogP contribution in [-0.4, -0.2) is 15.0 Å². The van der Waals surface area contributed by atoms with E-state index in [0.29, 0.717) is 17.5 Å². The predicted octanol–water partition coefficient (Wildman–Crippen LogP) is 12.4. The Morgan fingerprint density at radius 3 is 1.71 bits per heavy atom.